The number of halogens is 1. The van der Waals surface area contributed by atoms with Gasteiger partial charge in [-0.15, -0.1) is 0 Å². The van der Waals surface area contributed by atoms with Gasteiger partial charge in [-0.3, -0.25) is 9.48 Å². The lowest BCUT2D eigenvalue weighted by molar-refractivity contribution is -0.134. The van der Waals surface area contributed by atoms with Crippen LogP contribution in [0.25, 0.3) is 0 Å². The van der Waals surface area contributed by atoms with Gasteiger partial charge in [0, 0.05) is 50.0 Å². The number of rotatable bonds is 4. The topological polar surface area (TPSA) is 50.2 Å². The molecule has 0 saturated carbocycles. The Balaban J connectivity index is 1.70. The first kappa shape index (κ1) is 15.1. The molecule has 116 valence electrons. The number of carbonyl (C=O) groups is 1. The molecule has 22 heavy (non-hydrogen) atoms. The van der Waals surface area contributed by atoms with Crippen molar-refractivity contribution in [3.63, 3.8) is 0 Å². The van der Waals surface area contributed by atoms with Gasteiger partial charge in [-0.1, -0.05) is 23.7 Å². The third kappa shape index (κ3) is 3.48. The Morgan fingerprint density at radius 3 is 3.09 bits per heavy atom. The molecule has 1 saturated heterocycles. The second-order valence-corrected chi connectivity index (χ2v) is 5.82. The van der Waals surface area contributed by atoms with Gasteiger partial charge in [-0.25, -0.2) is 0 Å². The molecule has 6 heteroatoms. The van der Waals surface area contributed by atoms with E-state index >= 15 is 0 Å². The van der Waals surface area contributed by atoms with E-state index in [9.17, 15) is 4.79 Å². The molecule has 1 N–H and O–H groups in total. The van der Waals surface area contributed by atoms with Crippen molar-refractivity contribution in [3.8, 4) is 0 Å². The van der Waals surface area contributed by atoms with Gasteiger partial charge in [-0.2, -0.15) is 5.10 Å². The number of nitrogens with one attached hydrogen (secondary N) is 1. The molecule has 0 aliphatic carbocycles. The number of carbonyl (C=O) groups excluding carboxylic acids is 1. The number of aryl methyl sites for hydroxylation is 1. The molecule has 3 rings (SSSR count). The Kier molecular flexibility index (Phi) is 4.75. The number of piperazine rings is 1. The molecule has 5 nitrogen and oxygen atoms in total. The maximum Gasteiger partial charge on any atom is 0.225 e. The maximum absolute atomic E-state index is 12.6. The molecule has 1 atom stereocenters. The van der Waals surface area contributed by atoms with Crippen molar-refractivity contribution in [2.24, 2.45) is 0 Å². The van der Waals surface area contributed by atoms with Gasteiger partial charge < -0.3 is 10.2 Å². The lowest BCUT2D eigenvalue weighted by atomic mass is 10.0. The van der Waals surface area contributed by atoms with Crippen molar-refractivity contribution < 1.29 is 4.79 Å². The summed E-state index contributed by atoms with van der Waals surface area (Å²) >= 11 is 6.08. The highest BCUT2D eigenvalue weighted by Gasteiger charge is 2.27. The molecule has 1 aromatic heterocycles. The second kappa shape index (κ2) is 6.94. The molecule has 1 aliphatic heterocycles. The molecule has 2 aromatic rings. The Hall–Kier alpha value is -1.85. The van der Waals surface area contributed by atoms with Crippen LogP contribution in [-0.2, 0) is 11.3 Å². The van der Waals surface area contributed by atoms with Gasteiger partial charge in [-0.05, 0) is 23.8 Å². The van der Waals surface area contributed by atoms with Crippen molar-refractivity contribution >= 4 is 17.5 Å². The fourth-order valence-corrected chi connectivity index (χ4v) is 3.00. The van der Waals surface area contributed by atoms with Crippen molar-refractivity contribution in [2.75, 3.05) is 19.6 Å². The number of hydrogen-bond donors (Lipinski definition) is 1. The lowest BCUT2D eigenvalue weighted by Crippen LogP contribution is -2.48. The van der Waals surface area contributed by atoms with Gasteiger partial charge in [0.05, 0.1) is 6.04 Å². The molecule has 0 spiro atoms. The zero-order chi connectivity index (χ0) is 15.4. The van der Waals surface area contributed by atoms with Crippen LogP contribution in [0.5, 0.6) is 0 Å². The second-order valence-electron chi connectivity index (χ2n) is 5.38. The van der Waals surface area contributed by atoms with Crippen LogP contribution in [0.2, 0.25) is 5.02 Å². The molecule has 0 radical (unpaired) electrons. The van der Waals surface area contributed by atoms with Crippen molar-refractivity contribution in [1.29, 1.82) is 0 Å². The van der Waals surface area contributed by atoms with Crippen molar-refractivity contribution in [1.82, 2.24) is 20.0 Å². The summed E-state index contributed by atoms with van der Waals surface area (Å²) < 4.78 is 1.79. The predicted octanol–water partition coefficient (Wildman–Crippen LogP) is 2.10. The van der Waals surface area contributed by atoms with Gasteiger partial charge in [0.1, 0.15) is 0 Å². The molecule has 1 unspecified atom stereocenters. The summed E-state index contributed by atoms with van der Waals surface area (Å²) in [5.41, 5.74) is 1.08. The third-order valence-electron chi connectivity index (χ3n) is 3.91. The van der Waals surface area contributed by atoms with Crippen LogP contribution in [0.15, 0.2) is 42.7 Å². The van der Waals surface area contributed by atoms with Crippen LogP contribution in [0.4, 0.5) is 0 Å². The molecule has 2 heterocycles. The number of benzene rings is 1. The number of aromatic nitrogens is 2. The summed E-state index contributed by atoms with van der Waals surface area (Å²) in [5, 5.41) is 8.19. The van der Waals surface area contributed by atoms with E-state index in [-0.39, 0.29) is 11.9 Å². The summed E-state index contributed by atoms with van der Waals surface area (Å²) in [6.45, 7) is 2.91. The zero-order valence-corrected chi connectivity index (χ0v) is 13.0. The van der Waals surface area contributed by atoms with E-state index in [2.05, 4.69) is 10.4 Å². The van der Waals surface area contributed by atoms with E-state index in [4.69, 9.17) is 11.6 Å². The van der Waals surface area contributed by atoms with Crippen LogP contribution in [0.1, 0.15) is 18.0 Å². The fraction of sp³-hybridized carbons (Fsp3) is 0.375. The molecule has 1 aromatic carbocycles. The summed E-state index contributed by atoms with van der Waals surface area (Å²) in [4.78, 5) is 14.5. The average Bonchev–Trinajstić information content (AvgIpc) is 3.06. The molecular weight excluding hydrogens is 300 g/mol. The fourth-order valence-electron chi connectivity index (χ4n) is 2.80. The Labute approximate surface area is 134 Å². The van der Waals surface area contributed by atoms with E-state index in [1.165, 1.54) is 0 Å². The first-order valence-corrected chi connectivity index (χ1v) is 7.85. The van der Waals surface area contributed by atoms with Gasteiger partial charge in [0.2, 0.25) is 5.91 Å². The first-order valence-electron chi connectivity index (χ1n) is 7.47. The standard InChI is InChI=1S/C16H19ClN4O/c17-14-4-1-3-13(11-14)15-12-18-7-10-21(15)16(22)5-9-20-8-2-6-19-20/h1-4,6,8,11,15,18H,5,7,9-10,12H2. The quantitative estimate of drug-likeness (QED) is 0.939. The largest absolute Gasteiger partial charge is 0.333 e. The monoisotopic (exact) mass is 318 g/mol. The third-order valence-corrected chi connectivity index (χ3v) is 4.15. The Bertz CT molecular complexity index is 629. The van der Waals surface area contributed by atoms with Crippen LogP contribution in [0.3, 0.4) is 0 Å². The van der Waals surface area contributed by atoms with E-state index in [0.717, 1.165) is 25.2 Å². The van der Waals surface area contributed by atoms with E-state index in [0.29, 0.717) is 18.0 Å². The molecule has 0 bridgehead atoms. The predicted molar refractivity (Wildman–Crippen MR) is 85.6 cm³/mol. The molecular formula is C16H19ClN4O. The minimum atomic E-state index is 0.0394. The van der Waals surface area contributed by atoms with E-state index < -0.39 is 0 Å². The summed E-state index contributed by atoms with van der Waals surface area (Å²) in [7, 11) is 0. The summed E-state index contributed by atoms with van der Waals surface area (Å²) in [6, 6.07) is 9.65. The van der Waals surface area contributed by atoms with Crippen LogP contribution in [0, 0.1) is 0 Å². The number of nitrogens with zero attached hydrogens (tertiary/aromatic N) is 3. The smallest absolute Gasteiger partial charge is 0.225 e. The van der Waals surface area contributed by atoms with Crippen molar-refractivity contribution in [3.05, 3.63) is 53.3 Å². The minimum absolute atomic E-state index is 0.0394. The van der Waals surface area contributed by atoms with Gasteiger partial charge in [0.15, 0.2) is 0 Å². The van der Waals surface area contributed by atoms with E-state index in [1.807, 2.05) is 41.4 Å². The first-order chi connectivity index (χ1) is 10.7. The maximum atomic E-state index is 12.6. The van der Waals surface area contributed by atoms with Gasteiger partial charge >= 0.3 is 0 Å². The summed E-state index contributed by atoms with van der Waals surface area (Å²) in [5.74, 6) is 0.155. The Morgan fingerprint density at radius 1 is 1.41 bits per heavy atom. The number of hydrogen-bond acceptors (Lipinski definition) is 3. The highest BCUT2D eigenvalue weighted by Crippen LogP contribution is 2.25. The van der Waals surface area contributed by atoms with Gasteiger partial charge in [0.25, 0.3) is 0 Å². The normalized spacial score (nSPS) is 18.4. The average molecular weight is 319 g/mol. The lowest BCUT2D eigenvalue weighted by Gasteiger charge is -2.36. The highest BCUT2D eigenvalue weighted by molar-refractivity contribution is 6.30. The van der Waals surface area contributed by atoms with Crippen LogP contribution < -0.4 is 5.32 Å². The number of amides is 1. The van der Waals surface area contributed by atoms with Crippen molar-refractivity contribution in [2.45, 2.75) is 19.0 Å². The molecule has 1 fully saturated rings. The molecule has 1 aliphatic rings. The van der Waals surface area contributed by atoms with Crippen LogP contribution in [-0.4, -0.2) is 40.2 Å². The Morgan fingerprint density at radius 2 is 2.32 bits per heavy atom. The minimum Gasteiger partial charge on any atom is -0.333 e. The highest BCUT2D eigenvalue weighted by atomic mass is 35.5. The molecule has 1 amide bonds. The summed E-state index contributed by atoms with van der Waals surface area (Å²) in [6.07, 6.45) is 4.06. The van der Waals surface area contributed by atoms with E-state index in [1.54, 1.807) is 10.9 Å². The SMILES string of the molecule is O=C(CCn1cccn1)N1CCNCC1c1cccc(Cl)c1. The zero-order valence-electron chi connectivity index (χ0n) is 12.3. The van der Waals surface area contributed by atoms with Crippen LogP contribution >= 0.6 is 11.6 Å².